The van der Waals surface area contributed by atoms with Crippen LogP contribution in [0.1, 0.15) is 17.4 Å². The molecule has 94 valence electrons. The fraction of sp³-hybridized carbons (Fsp3) is 0.538. The van der Waals surface area contributed by atoms with E-state index in [1.165, 1.54) is 0 Å². The summed E-state index contributed by atoms with van der Waals surface area (Å²) in [5.41, 5.74) is 1.07. The van der Waals surface area contributed by atoms with Gasteiger partial charge in [-0.3, -0.25) is 0 Å². The van der Waals surface area contributed by atoms with E-state index in [4.69, 9.17) is 21.1 Å². The number of halogens is 1. The summed E-state index contributed by atoms with van der Waals surface area (Å²) in [4.78, 5) is 2.07. The van der Waals surface area contributed by atoms with E-state index in [0.717, 1.165) is 30.0 Å². The van der Waals surface area contributed by atoms with Gasteiger partial charge in [-0.2, -0.15) is 0 Å². The van der Waals surface area contributed by atoms with E-state index in [1.807, 2.05) is 32.3 Å². The van der Waals surface area contributed by atoms with Gasteiger partial charge in [0.05, 0.1) is 18.6 Å². The van der Waals surface area contributed by atoms with Crippen LogP contribution in [0.15, 0.2) is 18.2 Å². The second-order valence-corrected chi connectivity index (χ2v) is 5.01. The molecule has 17 heavy (non-hydrogen) atoms. The van der Waals surface area contributed by atoms with Crippen molar-refractivity contribution in [3.63, 3.8) is 0 Å². The summed E-state index contributed by atoms with van der Waals surface area (Å²) in [7, 11) is 4.02. The van der Waals surface area contributed by atoms with Gasteiger partial charge >= 0.3 is 0 Å². The molecule has 0 saturated carbocycles. The molecule has 0 saturated heterocycles. The smallest absolute Gasteiger partial charge is 0.161 e. The Morgan fingerprint density at radius 2 is 1.94 bits per heavy atom. The van der Waals surface area contributed by atoms with Crippen LogP contribution in [0.3, 0.4) is 0 Å². The van der Waals surface area contributed by atoms with E-state index in [9.17, 15) is 0 Å². The van der Waals surface area contributed by atoms with Gasteiger partial charge in [0.25, 0.3) is 0 Å². The van der Waals surface area contributed by atoms with Gasteiger partial charge in [0.1, 0.15) is 0 Å². The quantitative estimate of drug-likeness (QED) is 0.776. The molecular formula is C13H18ClNO2. The number of nitrogens with zero attached hydrogens (tertiary/aromatic N) is 1. The Labute approximate surface area is 107 Å². The Morgan fingerprint density at radius 1 is 1.24 bits per heavy atom. The van der Waals surface area contributed by atoms with Gasteiger partial charge in [-0.25, -0.2) is 0 Å². The summed E-state index contributed by atoms with van der Waals surface area (Å²) in [6.07, 6.45) is 0.923. The molecule has 1 aliphatic heterocycles. The highest BCUT2D eigenvalue weighted by molar-refractivity contribution is 6.21. The maximum absolute atomic E-state index is 6.35. The second kappa shape index (κ2) is 5.61. The molecule has 2 rings (SSSR count). The minimum absolute atomic E-state index is 0.0258. The molecule has 0 fully saturated rings. The van der Waals surface area contributed by atoms with Gasteiger partial charge in [0.15, 0.2) is 11.5 Å². The molecule has 0 aromatic heterocycles. The molecule has 0 spiro atoms. The van der Waals surface area contributed by atoms with E-state index in [2.05, 4.69) is 4.90 Å². The minimum Gasteiger partial charge on any atom is -0.490 e. The van der Waals surface area contributed by atoms with Gasteiger partial charge in [0, 0.05) is 13.0 Å². The fourth-order valence-corrected chi connectivity index (χ4v) is 2.21. The molecule has 1 aromatic rings. The van der Waals surface area contributed by atoms with Gasteiger partial charge in [0.2, 0.25) is 0 Å². The summed E-state index contributed by atoms with van der Waals surface area (Å²) in [5.74, 6) is 1.63. The monoisotopic (exact) mass is 255 g/mol. The first kappa shape index (κ1) is 12.5. The highest BCUT2D eigenvalue weighted by Gasteiger charge is 2.15. The Morgan fingerprint density at radius 3 is 2.65 bits per heavy atom. The highest BCUT2D eigenvalue weighted by atomic mass is 35.5. The van der Waals surface area contributed by atoms with Crippen LogP contribution in [0, 0.1) is 0 Å². The number of alkyl halides is 1. The van der Waals surface area contributed by atoms with Gasteiger partial charge in [-0.05, 0) is 31.8 Å². The van der Waals surface area contributed by atoms with E-state index in [0.29, 0.717) is 13.2 Å². The predicted octanol–water partition coefficient (Wildman–Crippen LogP) is 2.69. The van der Waals surface area contributed by atoms with Crippen molar-refractivity contribution >= 4 is 11.6 Å². The van der Waals surface area contributed by atoms with Crippen molar-refractivity contribution in [1.82, 2.24) is 4.90 Å². The number of fused-ring (bicyclic) bond motifs is 1. The van der Waals surface area contributed by atoms with Crippen LogP contribution in [0.5, 0.6) is 11.5 Å². The molecule has 0 amide bonds. The number of likely N-dealkylation sites (N-methyl/N-ethyl adjacent to an activating group) is 1. The zero-order valence-electron chi connectivity index (χ0n) is 10.3. The number of rotatable bonds is 3. The highest BCUT2D eigenvalue weighted by Crippen LogP contribution is 2.34. The van der Waals surface area contributed by atoms with E-state index >= 15 is 0 Å². The molecule has 0 bridgehead atoms. The van der Waals surface area contributed by atoms with Gasteiger partial charge in [-0.1, -0.05) is 6.07 Å². The third-order valence-corrected chi connectivity index (χ3v) is 3.05. The Bertz CT molecular complexity index is 382. The number of hydrogen-bond donors (Lipinski definition) is 0. The molecule has 1 atom stereocenters. The number of ether oxygens (including phenoxy) is 2. The Hall–Kier alpha value is -0.930. The lowest BCUT2D eigenvalue weighted by Gasteiger charge is -2.17. The van der Waals surface area contributed by atoms with Crippen molar-refractivity contribution in [1.29, 1.82) is 0 Å². The molecule has 3 nitrogen and oxygen atoms in total. The third kappa shape index (κ3) is 3.27. The van der Waals surface area contributed by atoms with Crippen molar-refractivity contribution in [2.75, 3.05) is 33.9 Å². The molecule has 0 aliphatic carbocycles. The first-order valence-corrected chi connectivity index (χ1v) is 6.29. The Balaban J connectivity index is 2.17. The zero-order valence-corrected chi connectivity index (χ0v) is 11.0. The molecule has 0 radical (unpaired) electrons. The van der Waals surface area contributed by atoms with Crippen LogP contribution in [0.2, 0.25) is 0 Å². The first-order valence-electron chi connectivity index (χ1n) is 5.85. The lowest BCUT2D eigenvalue weighted by atomic mass is 10.1. The minimum atomic E-state index is -0.0258. The maximum atomic E-state index is 6.35. The first-order chi connectivity index (χ1) is 8.16. The van der Waals surface area contributed by atoms with Crippen LogP contribution in [-0.4, -0.2) is 38.8 Å². The summed E-state index contributed by atoms with van der Waals surface area (Å²) in [6.45, 7) is 2.23. The van der Waals surface area contributed by atoms with Crippen LogP contribution in [0.4, 0.5) is 0 Å². The topological polar surface area (TPSA) is 21.7 Å². The lowest BCUT2D eigenvalue weighted by molar-refractivity contribution is 0.297. The summed E-state index contributed by atoms with van der Waals surface area (Å²) in [5, 5.41) is -0.0258. The van der Waals surface area contributed by atoms with Crippen molar-refractivity contribution in [3.05, 3.63) is 23.8 Å². The van der Waals surface area contributed by atoms with Crippen molar-refractivity contribution in [3.8, 4) is 11.5 Å². The van der Waals surface area contributed by atoms with Crippen molar-refractivity contribution < 1.29 is 9.47 Å². The molecule has 1 heterocycles. The van der Waals surface area contributed by atoms with E-state index < -0.39 is 0 Å². The third-order valence-electron chi connectivity index (χ3n) is 2.66. The predicted molar refractivity (Wildman–Crippen MR) is 69.2 cm³/mol. The molecule has 0 N–H and O–H groups in total. The summed E-state index contributed by atoms with van der Waals surface area (Å²) in [6, 6.07) is 5.94. The van der Waals surface area contributed by atoms with Crippen LogP contribution < -0.4 is 9.47 Å². The largest absolute Gasteiger partial charge is 0.490 e. The number of benzene rings is 1. The van der Waals surface area contributed by atoms with Crippen molar-refractivity contribution in [2.24, 2.45) is 0 Å². The maximum Gasteiger partial charge on any atom is 0.161 e. The zero-order chi connectivity index (χ0) is 12.3. The fourth-order valence-electron chi connectivity index (χ4n) is 1.80. The van der Waals surface area contributed by atoms with Gasteiger partial charge in [-0.15, -0.1) is 11.6 Å². The molecule has 1 aromatic carbocycles. The lowest BCUT2D eigenvalue weighted by Crippen LogP contribution is -2.17. The average Bonchev–Trinajstić information content (AvgIpc) is 2.51. The standard InChI is InChI=1S/C13H18ClNO2/c1-15(2)9-11(14)10-4-5-12-13(8-10)17-7-3-6-16-12/h4-5,8,11H,3,6-7,9H2,1-2H3. The van der Waals surface area contributed by atoms with Crippen molar-refractivity contribution in [2.45, 2.75) is 11.8 Å². The van der Waals surface area contributed by atoms with Crippen LogP contribution in [-0.2, 0) is 0 Å². The van der Waals surface area contributed by atoms with Gasteiger partial charge < -0.3 is 14.4 Å². The SMILES string of the molecule is CN(C)CC(Cl)c1ccc2c(c1)OCCCO2. The average molecular weight is 256 g/mol. The Kier molecular flexibility index (Phi) is 4.13. The van der Waals surface area contributed by atoms with E-state index in [1.54, 1.807) is 0 Å². The van der Waals surface area contributed by atoms with E-state index in [-0.39, 0.29) is 5.38 Å². The summed E-state index contributed by atoms with van der Waals surface area (Å²) >= 11 is 6.35. The molecule has 1 unspecified atom stereocenters. The van der Waals surface area contributed by atoms with Crippen LogP contribution in [0.25, 0.3) is 0 Å². The summed E-state index contributed by atoms with van der Waals surface area (Å²) < 4.78 is 11.2. The second-order valence-electron chi connectivity index (χ2n) is 4.49. The normalized spacial score (nSPS) is 16.7. The molecule has 4 heteroatoms. The molecule has 1 aliphatic rings. The van der Waals surface area contributed by atoms with Crippen LogP contribution >= 0.6 is 11.6 Å². The number of hydrogen-bond acceptors (Lipinski definition) is 3. The molecular weight excluding hydrogens is 238 g/mol.